The molecule has 0 fully saturated rings. The van der Waals surface area contributed by atoms with Crippen molar-refractivity contribution in [3.05, 3.63) is 0 Å². The third-order valence-corrected chi connectivity index (χ3v) is 2.64. The second kappa shape index (κ2) is 5.79. The highest BCUT2D eigenvalue weighted by atomic mass is 32.2. The molecule has 9 heteroatoms. The molecule has 0 aliphatic heterocycles. The quantitative estimate of drug-likeness (QED) is 0.378. The van der Waals surface area contributed by atoms with Crippen molar-refractivity contribution in [1.82, 2.24) is 0 Å². The first kappa shape index (κ1) is 14.0. The number of phosphoric ester groups is 1. The van der Waals surface area contributed by atoms with Gasteiger partial charge in [0.05, 0.1) is 19.5 Å². The van der Waals surface area contributed by atoms with E-state index in [0.717, 1.165) is 6.26 Å². The molecule has 14 heavy (non-hydrogen) atoms. The Morgan fingerprint density at radius 3 is 1.86 bits per heavy atom. The predicted octanol–water partition coefficient (Wildman–Crippen LogP) is 1.08. The van der Waals surface area contributed by atoms with Gasteiger partial charge in [0, 0.05) is 0 Å². The number of hydrogen-bond acceptors (Lipinski definition) is 7. The molecule has 0 aliphatic carbocycles. The largest absolute Gasteiger partial charge is 0.503 e. The van der Waals surface area contributed by atoms with E-state index in [2.05, 4.69) is 18.1 Å². The summed E-state index contributed by atoms with van der Waals surface area (Å²) in [5.74, 6) is 0. The number of rotatable bonds is 7. The standard InChI is InChI=1S/C5H13O7PS/c1-4-9-13(6,10-5-2)11-12-14(3,7)8/h4-5H2,1-3H3. The molecule has 0 amide bonds. The van der Waals surface area contributed by atoms with Gasteiger partial charge in [-0.05, 0) is 13.8 Å². The molecule has 0 saturated heterocycles. The molecule has 86 valence electrons. The molecule has 0 radical (unpaired) electrons. The maximum Gasteiger partial charge on any atom is 0.503 e. The minimum Gasteiger partial charge on any atom is -0.286 e. The first-order valence-corrected chi connectivity index (χ1v) is 7.07. The van der Waals surface area contributed by atoms with E-state index >= 15 is 0 Å². The lowest BCUT2D eigenvalue weighted by molar-refractivity contribution is -0.125. The van der Waals surface area contributed by atoms with Gasteiger partial charge in [-0.25, -0.2) is 4.57 Å². The fourth-order valence-electron chi connectivity index (χ4n) is 0.489. The smallest absolute Gasteiger partial charge is 0.286 e. The molecule has 0 aliphatic rings. The van der Waals surface area contributed by atoms with Gasteiger partial charge in [-0.3, -0.25) is 9.05 Å². The van der Waals surface area contributed by atoms with E-state index in [0.29, 0.717) is 0 Å². The highest BCUT2D eigenvalue weighted by Gasteiger charge is 2.29. The third kappa shape index (κ3) is 6.47. The Bertz CT molecular complexity index is 287. The SMILES string of the molecule is CCOP(=O)(OCC)OOS(C)(=O)=O. The topological polar surface area (TPSA) is 88.1 Å². The minimum atomic E-state index is -3.92. The van der Waals surface area contributed by atoms with Crippen molar-refractivity contribution in [3.8, 4) is 0 Å². The molecule has 0 bridgehead atoms. The van der Waals surface area contributed by atoms with Gasteiger partial charge in [0.25, 0.3) is 10.1 Å². The van der Waals surface area contributed by atoms with E-state index < -0.39 is 17.9 Å². The molecule has 7 nitrogen and oxygen atoms in total. The van der Waals surface area contributed by atoms with Crippen LogP contribution >= 0.6 is 7.82 Å². The summed E-state index contributed by atoms with van der Waals surface area (Å²) >= 11 is 0. The fourth-order valence-corrected chi connectivity index (χ4v) is 2.02. The lowest BCUT2D eigenvalue weighted by atomic mass is 10.9. The summed E-state index contributed by atoms with van der Waals surface area (Å²) in [5, 5.41) is 0. The zero-order chi connectivity index (χ0) is 11.2. The van der Waals surface area contributed by atoms with Crippen LogP contribution in [0.15, 0.2) is 0 Å². The van der Waals surface area contributed by atoms with Crippen LogP contribution in [0, 0.1) is 0 Å². The summed E-state index contributed by atoms with van der Waals surface area (Å²) < 4.78 is 49.5. The molecule has 0 N–H and O–H groups in total. The van der Waals surface area contributed by atoms with E-state index in [1.807, 2.05) is 0 Å². The second-order valence-electron chi connectivity index (χ2n) is 2.13. The maximum atomic E-state index is 11.4. The van der Waals surface area contributed by atoms with Crippen molar-refractivity contribution < 1.29 is 31.0 Å². The summed E-state index contributed by atoms with van der Waals surface area (Å²) in [6.45, 7) is 3.19. The van der Waals surface area contributed by atoms with Crippen molar-refractivity contribution in [2.45, 2.75) is 13.8 Å². The van der Waals surface area contributed by atoms with Crippen molar-refractivity contribution in [2.75, 3.05) is 19.5 Å². The van der Waals surface area contributed by atoms with Crippen molar-refractivity contribution >= 4 is 17.9 Å². The second-order valence-corrected chi connectivity index (χ2v) is 5.23. The average Bonchev–Trinajstić information content (AvgIpc) is 2.01. The summed E-state index contributed by atoms with van der Waals surface area (Å²) in [4.78, 5) is 0. The van der Waals surface area contributed by atoms with Gasteiger partial charge in [-0.2, -0.15) is 8.42 Å². The summed E-state index contributed by atoms with van der Waals surface area (Å²) in [6, 6.07) is 0. The van der Waals surface area contributed by atoms with Crippen LogP contribution < -0.4 is 0 Å². The maximum absolute atomic E-state index is 11.4. The molecule has 0 aromatic carbocycles. The van der Waals surface area contributed by atoms with E-state index in [-0.39, 0.29) is 13.2 Å². The minimum absolute atomic E-state index is 0.0460. The Balaban J connectivity index is 4.30. The highest BCUT2D eigenvalue weighted by Crippen LogP contribution is 2.49. The Morgan fingerprint density at radius 1 is 1.14 bits per heavy atom. The molecule has 0 spiro atoms. The molecule has 0 atom stereocenters. The first-order valence-electron chi connectivity index (χ1n) is 3.80. The molecule has 0 aromatic rings. The van der Waals surface area contributed by atoms with Crippen molar-refractivity contribution in [1.29, 1.82) is 0 Å². The molecule has 0 saturated carbocycles. The fraction of sp³-hybridized carbons (Fsp3) is 1.00. The molecule has 0 heterocycles. The van der Waals surface area contributed by atoms with E-state index in [4.69, 9.17) is 0 Å². The Kier molecular flexibility index (Phi) is 5.80. The predicted molar refractivity (Wildman–Crippen MR) is 47.9 cm³/mol. The lowest BCUT2D eigenvalue weighted by Crippen LogP contribution is -2.06. The molecule has 0 aromatic heterocycles. The van der Waals surface area contributed by atoms with Gasteiger partial charge in [-0.15, -0.1) is 4.67 Å². The van der Waals surface area contributed by atoms with Crippen LogP contribution in [0.25, 0.3) is 0 Å². The summed E-state index contributed by atoms with van der Waals surface area (Å²) in [6.07, 6.45) is 0.745. The van der Waals surface area contributed by atoms with Crippen LogP contribution in [0.3, 0.4) is 0 Å². The van der Waals surface area contributed by atoms with Crippen LogP contribution in [0.4, 0.5) is 0 Å². The van der Waals surface area contributed by atoms with E-state index in [1.165, 1.54) is 0 Å². The first-order chi connectivity index (χ1) is 6.33. The number of hydrogen-bond donors (Lipinski definition) is 0. The van der Waals surface area contributed by atoms with E-state index in [1.54, 1.807) is 13.8 Å². The molecular weight excluding hydrogens is 235 g/mol. The molecular formula is C5H13O7PS. The summed E-state index contributed by atoms with van der Waals surface area (Å²) in [7, 11) is -7.77. The Morgan fingerprint density at radius 2 is 1.57 bits per heavy atom. The van der Waals surface area contributed by atoms with Gasteiger partial charge < -0.3 is 0 Å². The van der Waals surface area contributed by atoms with Gasteiger partial charge in [-0.1, -0.05) is 4.33 Å². The lowest BCUT2D eigenvalue weighted by Gasteiger charge is -2.13. The Hall–Kier alpha value is 0.0200. The number of phosphoric acid groups is 1. The van der Waals surface area contributed by atoms with Gasteiger partial charge in [0.1, 0.15) is 0 Å². The van der Waals surface area contributed by atoms with E-state index in [9.17, 15) is 13.0 Å². The van der Waals surface area contributed by atoms with Crippen molar-refractivity contribution in [2.24, 2.45) is 0 Å². The molecule has 0 unspecified atom stereocenters. The Labute approximate surface area is 83.0 Å². The zero-order valence-corrected chi connectivity index (χ0v) is 9.84. The van der Waals surface area contributed by atoms with Gasteiger partial charge >= 0.3 is 7.82 Å². The van der Waals surface area contributed by atoms with Crippen LogP contribution in [-0.4, -0.2) is 27.9 Å². The van der Waals surface area contributed by atoms with Crippen LogP contribution in [0.1, 0.15) is 13.8 Å². The van der Waals surface area contributed by atoms with Crippen LogP contribution in [-0.2, 0) is 32.7 Å². The monoisotopic (exact) mass is 248 g/mol. The molecule has 0 rings (SSSR count). The summed E-state index contributed by atoms with van der Waals surface area (Å²) in [5.41, 5.74) is 0. The van der Waals surface area contributed by atoms with Crippen LogP contribution in [0.5, 0.6) is 0 Å². The highest BCUT2D eigenvalue weighted by molar-refractivity contribution is 7.86. The van der Waals surface area contributed by atoms with Crippen LogP contribution in [0.2, 0.25) is 0 Å². The van der Waals surface area contributed by atoms with Gasteiger partial charge in [0.15, 0.2) is 0 Å². The zero-order valence-electron chi connectivity index (χ0n) is 8.13. The normalized spacial score (nSPS) is 13.1. The third-order valence-electron chi connectivity index (χ3n) is 0.820. The van der Waals surface area contributed by atoms with Gasteiger partial charge in [0.2, 0.25) is 0 Å². The van der Waals surface area contributed by atoms with Crippen molar-refractivity contribution in [3.63, 3.8) is 0 Å². The average molecular weight is 248 g/mol.